The van der Waals surface area contributed by atoms with Gasteiger partial charge in [0.1, 0.15) is 0 Å². The molecular formula is C17H20N4. The smallest absolute Gasteiger partial charge is 0.0991 e. The van der Waals surface area contributed by atoms with E-state index < -0.39 is 0 Å². The van der Waals surface area contributed by atoms with E-state index in [0.29, 0.717) is 6.04 Å². The molecule has 1 saturated heterocycles. The molecule has 1 aromatic carbocycles. The van der Waals surface area contributed by atoms with Crippen molar-refractivity contribution in [3.05, 3.63) is 53.9 Å². The molecule has 0 N–H and O–H groups in total. The van der Waals surface area contributed by atoms with Crippen molar-refractivity contribution in [1.82, 2.24) is 14.7 Å². The van der Waals surface area contributed by atoms with Crippen LogP contribution in [0.2, 0.25) is 0 Å². The number of likely N-dealkylation sites (tertiary alicyclic amines) is 1. The lowest BCUT2D eigenvalue weighted by Crippen LogP contribution is -2.41. The summed E-state index contributed by atoms with van der Waals surface area (Å²) < 4.78 is 2.03. The van der Waals surface area contributed by atoms with E-state index in [2.05, 4.69) is 28.2 Å². The topological polar surface area (TPSA) is 44.9 Å². The highest BCUT2D eigenvalue weighted by atomic mass is 15.3. The molecule has 2 aromatic rings. The summed E-state index contributed by atoms with van der Waals surface area (Å²) >= 11 is 0. The lowest BCUT2D eigenvalue weighted by molar-refractivity contribution is 0.122. The third-order valence-electron chi connectivity index (χ3n) is 4.17. The van der Waals surface area contributed by atoms with Crippen molar-refractivity contribution < 1.29 is 0 Å². The van der Waals surface area contributed by atoms with Gasteiger partial charge in [-0.2, -0.15) is 10.4 Å². The minimum Gasteiger partial charge on any atom is -0.294 e. The molecule has 0 saturated carbocycles. The zero-order valence-corrected chi connectivity index (χ0v) is 12.2. The fourth-order valence-corrected chi connectivity index (χ4v) is 3.02. The Morgan fingerprint density at radius 2 is 2.10 bits per heavy atom. The molecule has 3 rings (SSSR count). The first kappa shape index (κ1) is 13.8. The van der Waals surface area contributed by atoms with Gasteiger partial charge >= 0.3 is 0 Å². The van der Waals surface area contributed by atoms with Crippen LogP contribution in [0.3, 0.4) is 0 Å². The minimum absolute atomic E-state index is 0.550. The molecule has 2 heterocycles. The average Bonchev–Trinajstić information content (AvgIpc) is 3.03. The second-order valence-corrected chi connectivity index (χ2v) is 5.66. The Morgan fingerprint density at radius 3 is 2.81 bits per heavy atom. The van der Waals surface area contributed by atoms with E-state index in [0.717, 1.165) is 25.2 Å². The van der Waals surface area contributed by atoms with Crippen molar-refractivity contribution >= 4 is 0 Å². The highest BCUT2D eigenvalue weighted by Crippen LogP contribution is 2.21. The van der Waals surface area contributed by atoms with Crippen LogP contribution in [0.1, 0.15) is 30.4 Å². The molecule has 0 amide bonds. The van der Waals surface area contributed by atoms with Gasteiger partial charge in [0, 0.05) is 25.0 Å². The molecule has 0 spiro atoms. The minimum atomic E-state index is 0.550. The SMILES string of the molecule is N#Cc1ccc(CN2CCCC[C@@H]2Cn2cccn2)cc1. The number of nitrogens with zero attached hydrogens (tertiary/aromatic N) is 4. The van der Waals surface area contributed by atoms with Gasteiger partial charge in [0.2, 0.25) is 0 Å². The Labute approximate surface area is 125 Å². The molecule has 1 aliphatic heterocycles. The Kier molecular flexibility index (Phi) is 4.32. The normalized spacial score (nSPS) is 19.3. The van der Waals surface area contributed by atoms with E-state index in [9.17, 15) is 0 Å². The lowest BCUT2D eigenvalue weighted by Gasteiger charge is -2.35. The standard InChI is InChI=1S/C17H20N4/c18-12-15-5-7-16(8-6-15)13-20-10-2-1-4-17(20)14-21-11-3-9-19-21/h3,5-9,11,17H,1-2,4,10,13-14H2/t17-/m1/s1. The number of benzene rings is 1. The molecule has 4 heteroatoms. The summed E-state index contributed by atoms with van der Waals surface area (Å²) in [6, 6.07) is 12.6. The van der Waals surface area contributed by atoms with Gasteiger partial charge in [0.25, 0.3) is 0 Å². The van der Waals surface area contributed by atoms with Crippen LogP contribution in [0.5, 0.6) is 0 Å². The van der Waals surface area contributed by atoms with Crippen molar-refractivity contribution in [2.24, 2.45) is 0 Å². The van der Waals surface area contributed by atoms with Gasteiger partial charge in [0.05, 0.1) is 18.2 Å². The van der Waals surface area contributed by atoms with Crippen LogP contribution >= 0.6 is 0 Å². The maximum Gasteiger partial charge on any atom is 0.0991 e. The summed E-state index contributed by atoms with van der Waals surface area (Å²) in [6.45, 7) is 3.06. The molecule has 1 atom stereocenters. The number of hydrogen-bond donors (Lipinski definition) is 0. The molecule has 0 unspecified atom stereocenters. The van der Waals surface area contributed by atoms with Crippen molar-refractivity contribution in [3.63, 3.8) is 0 Å². The van der Waals surface area contributed by atoms with E-state index in [1.54, 1.807) is 0 Å². The molecular weight excluding hydrogens is 260 g/mol. The van der Waals surface area contributed by atoms with Gasteiger partial charge < -0.3 is 0 Å². The molecule has 4 nitrogen and oxygen atoms in total. The highest BCUT2D eigenvalue weighted by molar-refractivity contribution is 5.31. The Bertz CT molecular complexity index is 595. The van der Waals surface area contributed by atoms with E-state index >= 15 is 0 Å². The van der Waals surface area contributed by atoms with E-state index in [-0.39, 0.29) is 0 Å². The second-order valence-electron chi connectivity index (χ2n) is 5.66. The molecule has 0 bridgehead atoms. The molecule has 0 aliphatic carbocycles. The molecule has 1 aromatic heterocycles. The van der Waals surface area contributed by atoms with Gasteiger partial charge in [-0.1, -0.05) is 18.6 Å². The Hall–Kier alpha value is -2.12. The summed E-state index contributed by atoms with van der Waals surface area (Å²) in [5, 5.41) is 13.2. The second kappa shape index (κ2) is 6.55. The molecule has 1 fully saturated rings. The monoisotopic (exact) mass is 280 g/mol. The summed E-state index contributed by atoms with van der Waals surface area (Å²) in [4.78, 5) is 2.55. The molecule has 21 heavy (non-hydrogen) atoms. The number of hydrogen-bond acceptors (Lipinski definition) is 3. The largest absolute Gasteiger partial charge is 0.294 e. The fourth-order valence-electron chi connectivity index (χ4n) is 3.02. The van der Waals surface area contributed by atoms with Crippen LogP contribution in [-0.4, -0.2) is 27.3 Å². The maximum atomic E-state index is 8.87. The zero-order chi connectivity index (χ0) is 14.5. The van der Waals surface area contributed by atoms with Crippen LogP contribution in [0.25, 0.3) is 0 Å². The number of nitriles is 1. The first-order chi connectivity index (χ1) is 10.3. The molecule has 1 aliphatic rings. The van der Waals surface area contributed by atoms with Crippen LogP contribution in [0, 0.1) is 11.3 Å². The van der Waals surface area contributed by atoms with Crippen LogP contribution in [0.15, 0.2) is 42.7 Å². The first-order valence-corrected chi connectivity index (χ1v) is 7.55. The summed E-state index contributed by atoms with van der Waals surface area (Å²) in [6.07, 6.45) is 7.68. The number of aromatic nitrogens is 2. The Morgan fingerprint density at radius 1 is 1.24 bits per heavy atom. The van der Waals surface area contributed by atoms with E-state index in [4.69, 9.17) is 5.26 Å². The predicted octanol–water partition coefficient (Wildman–Crippen LogP) is 2.81. The van der Waals surface area contributed by atoms with Crippen LogP contribution < -0.4 is 0 Å². The van der Waals surface area contributed by atoms with Crippen molar-refractivity contribution in [2.45, 2.75) is 38.4 Å². The first-order valence-electron chi connectivity index (χ1n) is 7.55. The maximum absolute atomic E-state index is 8.87. The summed E-state index contributed by atoms with van der Waals surface area (Å²) in [7, 11) is 0. The third-order valence-corrected chi connectivity index (χ3v) is 4.17. The van der Waals surface area contributed by atoms with Crippen molar-refractivity contribution in [1.29, 1.82) is 5.26 Å². The van der Waals surface area contributed by atoms with E-state index in [1.165, 1.54) is 24.8 Å². The van der Waals surface area contributed by atoms with Crippen LogP contribution in [0.4, 0.5) is 0 Å². The van der Waals surface area contributed by atoms with Crippen LogP contribution in [-0.2, 0) is 13.1 Å². The average molecular weight is 280 g/mol. The van der Waals surface area contributed by atoms with Gasteiger partial charge in [-0.25, -0.2) is 0 Å². The summed E-state index contributed by atoms with van der Waals surface area (Å²) in [5.41, 5.74) is 2.01. The molecule has 108 valence electrons. The third kappa shape index (κ3) is 3.50. The quantitative estimate of drug-likeness (QED) is 0.865. The highest BCUT2D eigenvalue weighted by Gasteiger charge is 2.22. The number of piperidine rings is 1. The van der Waals surface area contributed by atoms with Crippen molar-refractivity contribution in [3.8, 4) is 6.07 Å². The van der Waals surface area contributed by atoms with Gasteiger partial charge in [0.15, 0.2) is 0 Å². The summed E-state index contributed by atoms with van der Waals surface area (Å²) in [5.74, 6) is 0. The van der Waals surface area contributed by atoms with Gasteiger partial charge in [-0.05, 0) is 43.1 Å². The predicted molar refractivity (Wildman–Crippen MR) is 81.4 cm³/mol. The van der Waals surface area contributed by atoms with Gasteiger partial charge in [-0.3, -0.25) is 9.58 Å². The zero-order valence-electron chi connectivity index (χ0n) is 12.2. The fraction of sp³-hybridized carbons (Fsp3) is 0.412. The number of rotatable bonds is 4. The van der Waals surface area contributed by atoms with Gasteiger partial charge in [-0.15, -0.1) is 0 Å². The van der Waals surface area contributed by atoms with Crippen molar-refractivity contribution in [2.75, 3.05) is 6.54 Å². The lowest BCUT2D eigenvalue weighted by atomic mass is 10.0. The molecule has 0 radical (unpaired) electrons. The Balaban J connectivity index is 1.67. The van der Waals surface area contributed by atoms with E-state index in [1.807, 2.05) is 35.3 Å².